The van der Waals surface area contributed by atoms with Gasteiger partial charge in [-0.2, -0.15) is 13.9 Å². The van der Waals surface area contributed by atoms with Crippen LogP contribution in [0.3, 0.4) is 0 Å². The van der Waals surface area contributed by atoms with Crippen molar-refractivity contribution in [2.75, 3.05) is 102 Å². The van der Waals surface area contributed by atoms with E-state index in [-0.39, 0.29) is 5.75 Å². The van der Waals surface area contributed by atoms with Crippen molar-refractivity contribution in [1.29, 1.82) is 0 Å². The van der Waals surface area contributed by atoms with Crippen LogP contribution in [0, 0.1) is 117 Å². The molecular formula is C101H129F2N29O9. The molecule has 18 aromatic rings. The number of aromatic nitrogens is 23. The molecule has 8 N–H and O–H groups in total. The number of nitrogen functional groups attached to an aromatic ring is 4. The molecule has 16 heterocycles. The molecule has 0 unspecified atom stereocenters. The number of ether oxygens (including phenoxy) is 9. The Hall–Kier alpha value is -16.1. The van der Waals surface area contributed by atoms with E-state index in [0.717, 1.165) is 176 Å². The number of hydrogen-bond acceptors (Lipinski definition) is 31. The lowest BCUT2D eigenvalue weighted by Gasteiger charge is -2.15. The number of anilines is 6. The summed E-state index contributed by atoms with van der Waals surface area (Å²) in [5, 5.41) is 5.44. The fourth-order valence-electron chi connectivity index (χ4n) is 15.4. The second-order valence-corrected chi connectivity index (χ2v) is 34.3. The second-order valence-electron chi connectivity index (χ2n) is 34.3. The summed E-state index contributed by atoms with van der Waals surface area (Å²) in [6.07, 6.45) is 20.0. The van der Waals surface area contributed by atoms with Crippen molar-refractivity contribution in [1.82, 2.24) is 112 Å². The molecule has 2 aliphatic heterocycles. The lowest BCUT2D eigenvalue weighted by atomic mass is 10.1. The Morgan fingerprint density at radius 3 is 1.48 bits per heavy atom. The van der Waals surface area contributed by atoms with Crippen LogP contribution in [0.25, 0.3) is 77.6 Å². The van der Waals surface area contributed by atoms with Gasteiger partial charge in [0.25, 0.3) is 5.88 Å². The van der Waals surface area contributed by atoms with Crippen molar-refractivity contribution < 1.29 is 51.4 Å². The van der Waals surface area contributed by atoms with E-state index in [0.29, 0.717) is 77.8 Å². The number of halogens is 2. The van der Waals surface area contributed by atoms with E-state index in [9.17, 15) is 8.78 Å². The van der Waals surface area contributed by atoms with Gasteiger partial charge in [0.2, 0.25) is 11.6 Å². The SMILES string of the molecule is COc1ccc(C)c(C)c1OC.COc1ccc(C)c2c1OCN2C.COc1ncc(C)c2c1OCN2C.COc1ncc(C)c2c1ncn2C.Cc1ccc(N)c2ncn(C)c12.Cc1ccc(OC(F)F)c(OCC2CC2)c1C.Cc1cnc(N)c2ncn(C)c12.Cc1cnc2c(c1)c(C)nn2C.Cc1cnc2c(ncn2C)c1C.Cc1nc(N)c2nc(C)n(C)c2n1.Cc1nc2c(N)ncnc2n1C. The first-order valence-electron chi connectivity index (χ1n) is 45.1. The summed E-state index contributed by atoms with van der Waals surface area (Å²) in [6, 6.07) is 17.2. The minimum absolute atomic E-state index is 0.128. The smallest absolute Gasteiger partial charge is 0.387 e. The number of hydrogen-bond donors (Lipinski definition) is 4. The van der Waals surface area contributed by atoms with Crippen molar-refractivity contribution in [2.24, 2.45) is 55.3 Å². The summed E-state index contributed by atoms with van der Waals surface area (Å²) in [5.41, 5.74) is 51.9. The van der Waals surface area contributed by atoms with Crippen molar-refractivity contribution in [3.63, 3.8) is 0 Å². The van der Waals surface area contributed by atoms with Gasteiger partial charge >= 0.3 is 6.61 Å². The molecule has 0 spiro atoms. The average Bonchev–Trinajstić information content (AvgIpc) is 1.65. The van der Waals surface area contributed by atoms with Gasteiger partial charge in [0.05, 0.1) is 107 Å². The van der Waals surface area contributed by atoms with E-state index in [2.05, 4.69) is 130 Å². The Morgan fingerprint density at radius 1 is 0.397 bits per heavy atom. The summed E-state index contributed by atoms with van der Waals surface area (Å²) < 4.78 is 84.8. The number of alkyl halides is 2. The molecule has 0 atom stereocenters. The van der Waals surface area contributed by atoms with E-state index in [1.165, 1.54) is 45.8 Å². The summed E-state index contributed by atoms with van der Waals surface area (Å²) in [5.74, 6) is 10.2. The molecule has 14 aromatic heterocycles. The van der Waals surface area contributed by atoms with Gasteiger partial charge in [0.15, 0.2) is 105 Å². The third kappa shape index (κ3) is 24.4. The van der Waals surface area contributed by atoms with Crippen LogP contribution in [0.15, 0.2) is 117 Å². The summed E-state index contributed by atoms with van der Waals surface area (Å²) in [4.78, 5) is 66.6. The van der Waals surface area contributed by atoms with E-state index >= 15 is 0 Å². The van der Waals surface area contributed by atoms with Gasteiger partial charge in [-0.05, 0) is 227 Å². The molecular weight excluding hydrogens is 1800 g/mol. The Kier molecular flexibility index (Phi) is 34.7. The van der Waals surface area contributed by atoms with Crippen LogP contribution in [0.4, 0.5) is 43.3 Å². The zero-order valence-corrected chi connectivity index (χ0v) is 86.1. The molecule has 21 rings (SSSR count). The Labute approximate surface area is 818 Å². The first kappa shape index (κ1) is 105. The fraction of sp³-hybridized carbons (Fsp3) is 0.366. The van der Waals surface area contributed by atoms with Gasteiger partial charge in [-0.15, -0.1) is 0 Å². The molecule has 1 fully saturated rings. The molecule has 0 amide bonds. The van der Waals surface area contributed by atoms with Gasteiger partial charge in [0.1, 0.15) is 40.4 Å². The van der Waals surface area contributed by atoms with E-state index < -0.39 is 6.61 Å². The molecule has 0 saturated heterocycles. The zero-order chi connectivity index (χ0) is 103. The Balaban J connectivity index is 0.000000148. The monoisotopic (exact) mass is 1930 g/mol. The lowest BCUT2D eigenvalue weighted by molar-refractivity contribution is -0.0516. The van der Waals surface area contributed by atoms with Crippen LogP contribution >= 0.6 is 0 Å². The first-order chi connectivity index (χ1) is 67.1. The van der Waals surface area contributed by atoms with E-state index in [1.54, 1.807) is 85.5 Å². The molecule has 40 heteroatoms. The van der Waals surface area contributed by atoms with E-state index in [1.807, 2.05) is 225 Å². The van der Waals surface area contributed by atoms with Crippen LogP contribution in [-0.2, 0) is 49.3 Å². The number of fused-ring (bicyclic) bond motifs is 9. The number of rotatable bonds is 10. The van der Waals surface area contributed by atoms with Gasteiger partial charge in [0, 0.05) is 99.8 Å². The van der Waals surface area contributed by atoms with E-state index in [4.69, 9.17) is 60.8 Å². The minimum Gasteiger partial charge on any atom is -0.493 e. The highest BCUT2D eigenvalue weighted by atomic mass is 19.3. The van der Waals surface area contributed by atoms with Crippen LogP contribution in [0.2, 0.25) is 0 Å². The number of nitrogens with zero attached hydrogens (tertiary/aromatic N) is 25. The van der Waals surface area contributed by atoms with Crippen molar-refractivity contribution in [3.05, 3.63) is 207 Å². The highest BCUT2D eigenvalue weighted by molar-refractivity contribution is 5.90. The number of methoxy groups -OCH3 is 5. The maximum atomic E-state index is 12.3. The standard InChI is InChI=1S/C13H16F2O2.C10H13NO2.C10H14O2.C9H11N3O.3C9H11N3.C9H12N2O2.C8H11N5.C8H10N4.C7H9N5/c1-8-3-6-11(17-13(14)15)12(9(8)2)16-7-10-4-5-10;1-7-4-5-8(12-3)10-9(7)11(2)6-13-10;1-7-5-6-9(11-3)10(12-4)8(7)2;1-6-4-10-9(13-3)7-8(6)12(2)5-11-7;1-6-4-10-9-8(7(6)2)11-5-12(9)3;1-6-4-8-7(2)11-12(3)9(8)10-5-6;1-6-3-4-7(10)8-9(6)12(2)5-11-8;1-6-4-10-9(12-3)8-7(6)11(2)5-13-8;1-4-10-7(9)6-8(11-4)13(3)5(2)12-6;1-5-3-10-8(9)6-7(5)12(2)4-11-6;1-4-11-5-6(8)9-3-10-7(5)12(4)2/h3,6,10,13H,4-5,7H2,1-2H3;4-5H,6H2,1-3H3;5-6H,1-4H3;4-5H,1-3H3;2*4-5H,1-3H3;3-5H,10H2,1-2H3;4H,5H2,1-3H3;1-3H3,(H2,9,10,11);3-4H,1-2H3,(H2,9,10);3H,1-2H3,(H2,8,9,10). The summed E-state index contributed by atoms with van der Waals surface area (Å²) >= 11 is 0. The molecule has 0 bridgehead atoms. The minimum atomic E-state index is -2.82. The number of pyridine rings is 5. The highest BCUT2D eigenvalue weighted by Crippen LogP contribution is 2.45. The number of nitrogens with two attached hydrogens (primary N) is 4. The normalized spacial score (nSPS) is 11.8. The van der Waals surface area contributed by atoms with Crippen LogP contribution in [-0.4, -0.2) is 188 Å². The first-order valence-corrected chi connectivity index (χ1v) is 45.1. The van der Waals surface area contributed by atoms with Gasteiger partial charge in [-0.1, -0.05) is 24.3 Å². The van der Waals surface area contributed by atoms with Crippen LogP contribution in [0.1, 0.15) is 103 Å². The Bertz CT molecular complexity index is 7280. The maximum Gasteiger partial charge on any atom is 0.387 e. The third-order valence-electron chi connectivity index (χ3n) is 23.9. The van der Waals surface area contributed by atoms with Crippen molar-refractivity contribution in [2.45, 2.75) is 130 Å². The predicted octanol–water partition coefficient (Wildman–Crippen LogP) is 16.6. The molecule has 746 valence electrons. The van der Waals surface area contributed by atoms with Crippen molar-refractivity contribution >= 4 is 112 Å². The number of aryl methyl sites for hydroxylation is 21. The summed E-state index contributed by atoms with van der Waals surface area (Å²) in [7, 11) is 25.7. The fourth-order valence-corrected chi connectivity index (χ4v) is 15.4. The zero-order valence-electron chi connectivity index (χ0n) is 86.1. The Morgan fingerprint density at radius 2 is 0.894 bits per heavy atom. The van der Waals surface area contributed by atoms with Crippen LogP contribution < -0.4 is 75.4 Å². The molecule has 1 aliphatic carbocycles. The lowest BCUT2D eigenvalue weighted by Crippen LogP contribution is -2.15. The van der Waals surface area contributed by atoms with Crippen LogP contribution in [0.5, 0.6) is 52.0 Å². The maximum absolute atomic E-state index is 12.3. The predicted molar refractivity (Wildman–Crippen MR) is 550 cm³/mol. The number of benzene rings is 4. The molecule has 38 nitrogen and oxygen atoms in total. The highest BCUT2D eigenvalue weighted by Gasteiger charge is 2.28. The second kappa shape index (κ2) is 46.4. The van der Waals surface area contributed by atoms with Gasteiger partial charge < -0.3 is 103 Å². The average molecular weight is 1930 g/mol. The largest absolute Gasteiger partial charge is 0.493 e. The molecule has 1 saturated carbocycles. The molecule has 4 aromatic carbocycles. The van der Waals surface area contributed by atoms with Crippen molar-refractivity contribution in [3.8, 4) is 52.0 Å². The van der Waals surface area contributed by atoms with Gasteiger partial charge in [-0.3, -0.25) is 4.68 Å². The molecule has 141 heavy (non-hydrogen) atoms. The quantitative estimate of drug-likeness (QED) is 0.0924. The van der Waals surface area contributed by atoms with Gasteiger partial charge in [-0.25, -0.2) is 74.8 Å². The third-order valence-corrected chi connectivity index (χ3v) is 23.9. The summed E-state index contributed by atoms with van der Waals surface area (Å²) in [6.45, 7) is 30.8. The topological polar surface area (TPSA) is 434 Å². The number of imidazole rings is 6. The molecule has 3 aliphatic rings. The molecule has 0 radical (unpaired) electrons.